The van der Waals surface area contributed by atoms with Gasteiger partial charge in [-0.05, 0) is 39.8 Å². The van der Waals surface area contributed by atoms with E-state index in [9.17, 15) is 0 Å². The molecule has 110 valence electrons. The maximum atomic E-state index is 5.62. The number of aliphatic imine (C=N–C) groups is 1. The van der Waals surface area contributed by atoms with Crippen molar-refractivity contribution in [3.8, 4) is 11.5 Å². The van der Waals surface area contributed by atoms with Crippen LogP contribution in [0.2, 0.25) is 0 Å². The SMILES string of the molecule is CCOc1ccc(NC2=NC(C)(C)CS2)cc1OCC. The molecule has 1 aromatic rings. The van der Waals surface area contributed by atoms with E-state index in [0.29, 0.717) is 13.2 Å². The second-order valence-electron chi connectivity index (χ2n) is 5.17. The molecule has 0 atom stereocenters. The quantitative estimate of drug-likeness (QED) is 0.897. The van der Waals surface area contributed by atoms with Gasteiger partial charge in [-0.25, -0.2) is 0 Å². The van der Waals surface area contributed by atoms with Gasteiger partial charge in [0.1, 0.15) is 0 Å². The smallest absolute Gasteiger partial charge is 0.163 e. The molecule has 1 N–H and O–H groups in total. The van der Waals surface area contributed by atoms with Crippen molar-refractivity contribution < 1.29 is 9.47 Å². The van der Waals surface area contributed by atoms with Gasteiger partial charge in [0.05, 0.1) is 18.8 Å². The molecule has 0 saturated heterocycles. The first-order valence-corrected chi connectivity index (χ1v) is 7.92. The van der Waals surface area contributed by atoms with Crippen molar-refractivity contribution >= 4 is 22.6 Å². The number of hydrogen-bond donors (Lipinski definition) is 1. The molecule has 0 fully saturated rings. The first kappa shape index (κ1) is 15.0. The van der Waals surface area contributed by atoms with E-state index >= 15 is 0 Å². The van der Waals surface area contributed by atoms with E-state index < -0.39 is 0 Å². The summed E-state index contributed by atoms with van der Waals surface area (Å²) < 4.78 is 11.2. The minimum absolute atomic E-state index is 0.0149. The average molecular weight is 294 g/mol. The van der Waals surface area contributed by atoms with Gasteiger partial charge in [0, 0.05) is 17.5 Å². The fraction of sp³-hybridized carbons (Fsp3) is 0.533. The van der Waals surface area contributed by atoms with Crippen LogP contribution in [0.25, 0.3) is 0 Å². The summed E-state index contributed by atoms with van der Waals surface area (Å²) in [4.78, 5) is 4.65. The average Bonchev–Trinajstić information content (AvgIpc) is 2.72. The Bertz CT molecular complexity index is 501. The molecule has 0 aliphatic carbocycles. The van der Waals surface area contributed by atoms with Gasteiger partial charge < -0.3 is 14.8 Å². The van der Waals surface area contributed by atoms with Gasteiger partial charge in [0.25, 0.3) is 0 Å². The third kappa shape index (κ3) is 3.82. The molecule has 0 bridgehead atoms. The molecule has 4 nitrogen and oxygen atoms in total. The lowest BCUT2D eigenvalue weighted by Crippen LogP contribution is -2.15. The molecule has 0 saturated carbocycles. The van der Waals surface area contributed by atoms with Crippen LogP contribution in [0.5, 0.6) is 11.5 Å². The van der Waals surface area contributed by atoms with Crippen LogP contribution in [-0.4, -0.2) is 29.7 Å². The van der Waals surface area contributed by atoms with Crippen LogP contribution >= 0.6 is 11.8 Å². The number of nitrogens with zero attached hydrogens (tertiary/aromatic N) is 1. The van der Waals surface area contributed by atoms with Gasteiger partial charge in [-0.15, -0.1) is 0 Å². The number of rotatable bonds is 5. The van der Waals surface area contributed by atoms with Gasteiger partial charge in [-0.2, -0.15) is 0 Å². The number of benzene rings is 1. The maximum absolute atomic E-state index is 5.62. The lowest BCUT2D eigenvalue weighted by atomic mass is 10.1. The second-order valence-corrected chi connectivity index (χ2v) is 6.13. The van der Waals surface area contributed by atoms with Crippen LogP contribution in [0.1, 0.15) is 27.7 Å². The van der Waals surface area contributed by atoms with Crippen LogP contribution in [0, 0.1) is 0 Å². The second kappa shape index (κ2) is 6.39. The normalized spacial score (nSPS) is 16.7. The zero-order valence-corrected chi connectivity index (χ0v) is 13.3. The number of ether oxygens (including phenoxy) is 2. The molecule has 5 heteroatoms. The number of thioether (sulfide) groups is 1. The molecule has 1 aliphatic heterocycles. The summed E-state index contributed by atoms with van der Waals surface area (Å²) in [6, 6.07) is 5.88. The van der Waals surface area contributed by atoms with Crippen LogP contribution < -0.4 is 14.8 Å². The summed E-state index contributed by atoms with van der Waals surface area (Å²) in [5, 5.41) is 4.30. The van der Waals surface area contributed by atoms with Crippen LogP contribution in [0.4, 0.5) is 5.69 Å². The third-order valence-corrected chi connectivity index (χ3v) is 4.08. The molecule has 1 heterocycles. The molecule has 0 radical (unpaired) electrons. The van der Waals surface area contributed by atoms with Crippen LogP contribution in [0.15, 0.2) is 23.2 Å². The Hall–Kier alpha value is -1.36. The van der Waals surface area contributed by atoms with Gasteiger partial charge in [0.2, 0.25) is 0 Å². The highest BCUT2D eigenvalue weighted by Gasteiger charge is 2.25. The minimum Gasteiger partial charge on any atom is -0.490 e. The van der Waals surface area contributed by atoms with Crippen molar-refractivity contribution in [1.29, 1.82) is 0 Å². The Balaban J connectivity index is 2.15. The Morgan fingerprint density at radius 3 is 2.50 bits per heavy atom. The summed E-state index contributed by atoms with van der Waals surface area (Å²) in [6.45, 7) is 9.45. The summed E-state index contributed by atoms with van der Waals surface area (Å²) in [6.07, 6.45) is 0. The van der Waals surface area contributed by atoms with Crippen LogP contribution in [0.3, 0.4) is 0 Å². The van der Waals surface area contributed by atoms with Gasteiger partial charge in [0.15, 0.2) is 16.7 Å². The van der Waals surface area contributed by atoms with Crippen molar-refractivity contribution in [3.05, 3.63) is 18.2 Å². The largest absolute Gasteiger partial charge is 0.490 e. The highest BCUT2D eigenvalue weighted by molar-refractivity contribution is 8.14. The fourth-order valence-corrected chi connectivity index (χ4v) is 2.96. The molecule has 0 amide bonds. The molecule has 0 aromatic heterocycles. The number of amidine groups is 1. The van der Waals surface area contributed by atoms with E-state index in [1.807, 2.05) is 32.0 Å². The molecule has 20 heavy (non-hydrogen) atoms. The Morgan fingerprint density at radius 2 is 1.90 bits per heavy atom. The van der Waals surface area contributed by atoms with Crippen molar-refractivity contribution in [2.24, 2.45) is 4.99 Å². The van der Waals surface area contributed by atoms with Crippen molar-refractivity contribution in [1.82, 2.24) is 0 Å². The summed E-state index contributed by atoms with van der Waals surface area (Å²) in [5.41, 5.74) is 0.988. The van der Waals surface area contributed by atoms with E-state index in [4.69, 9.17) is 9.47 Å². The zero-order valence-electron chi connectivity index (χ0n) is 12.5. The lowest BCUT2D eigenvalue weighted by molar-refractivity contribution is 0.288. The summed E-state index contributed by atoms with van der Waals surface area (Å²) in [5.74, 6) is 2.55. The molecular weight excluding hydrogens is 272 g/mol. The highest BCUT2D eigenvalue weighted by atomic mass is 32.2. The first-order valence-electron chi connectivity index (χ1n) is 6.93. The number of hydrogen-bond acceptors (Lipinski definition) is 5. The third-order valence-electron chi connectivity index (χ3n) is 2.76. The van der Waals surface area contributed by atoms with E-state index in [1.54, 1.807) is 11.8 Å². The molecule has 0 unspecified atom stereocenters. The standard InChI is InChI=1S/C15H22N2O2S/c1-5-18-12-8-7-11(9-13(12)19-6-2)16-14-17-15(3,4)10-20-14/h7-9H,5-6,10H2,1-4H3,(H,16,17). The summed E-state index contributed by atoms with van der Waals surface area (Å²) in [7, 11) is 0. The van der Waals surface area contributed by atoms with Crippen molar-refractivity contribution in [3.63, 3.8) is 0 Å². The predicted molar refractivity (Wildman–Crippen MR) is 86.4 cm³/mol. The number of nitrogens with one attached hydrogen (secondary N) is 1. The van der Waals surface area contributed by atoms with Crippen molar-refractivity contribution in [2.75, 3.05) is 24.3 Å². The first-order chi connectivity index (χ1) is 9.54. The zero-order chi connectivity index (χ0) is 14.6. The molecule has 1 aliphatic rings. The summed E-state index contributed by atoms with van der Waals surface area (Å²) >= 11 is 1.74. The van der Waals surface area contributed by atoms with E-state index in [-0.39, 0.29) is 5.54 Å². The monoisotopic (exact) mass is 294 g/mol. The Kier molecular flexibility index (Phi) is 4.81. The van der Waals surface area contributed by atoms with Gasteiger partial charge in [-0.1, -0.05) is 11.8 Å². The fourth-order valence-electron chi connectivity index (χ4n) is 1.90. The lowest BCUT2D eigenvalue weighted by Gasteiger charge is -2.13. The molecule has 2 rings (SSSR count). The van der Waals surface area contributed by atoms with E-state index in [1.165, 1.54) is 0 Å². The van der Waals surface area contributed by atoms with E-state index in [2.05, 4.69) is 24.2 Å². The van der Waals surface area contributed by atoms with Crippen LogP contribution in [-0.2, 0) is 0 Å². The maximum Gasteiger partial charge on any atom is 0.163 e. The topological polar surface area (TPSA) is 42.8 Å². The minimum atomic E-state index is 0.0149. The Morgan fingerprint density at radius 1 is 1.20 bits per heavy atom. The van der Waals surface area contributed by atoms with Crippen molar-refractivity contribution in [2.45, 2.75) is 33.2 Å². The van der Waals surface area contributed by atoms with E-state index in [0.717, 1.165) is 28.1 Å². The number of anilines is 1. The highest BCUT2D eigenvalue weighted by Crippen LogP contribution is 2.32. The van der Waals surface area contributed by atoms with Gasteiger partial charge in [-0.3, -0.25) is 4.99 Å². The molecule has 1 aromatic carbocycles. The molecule has 0 spiro atoms. The molecular formula is C15H22N2O2S. The predicted octanol–water partition coefficient (Wildman–Crippen LogP) is 3.78. The Labute approximate surface area is 125 Å². The van der Waals surface area contributed by atoms with Gasteiger partial charge >= 0.3 is 0 Å².